The molecule has 148 valence electrons. The van der Waals surface area contributed by atoms with Crippen LogP contribution in [0.1, 0.15) is 29.7 Å². The Hall–Kier alpha value is -2.70. The van der Waals surface area contributed by atoms with E-state index in [-0.39, 0.29) is 18.1 Å². The van der Waals surface area contributed by atoms with E-state index < -0.39 is 0 Å². The number of rotatable bonds is 4. The Bertz CT molecular complexity index is 862. The third-order valence-electron chi connectivity index (χ3n) is 5.46. The van der Waals surface area contributed by atoms with Crippen molar-refractivity contribution in [1.29, 1.82) is 0 Å². The molecule has 6 nitrogen and oxygen atoms in total. The van der Waals surface area contributed by atoms with Crippen molar-refractivity contribution in [2.45, 2.75) is 32.2 Å². The number of hydrogen-bond acceptors (Lipinski definition) is 5. The smallest absolute Gasteiger partial charge is 0.227 e. The van der Waals surface area contributed by atoms with E-state index in [4.69, 9.17) is 9.97 Å². The summed E-state index contributed by atoms with van der Waals surface area (Å²) in [5.41, 5.74) is 2.91. The maximum Gasteiger partial charge on any atom is 0.227 e. The molecule has 1 amide bonds. The lowest BCUT2D eigenvalue weighted by molar-refractivity contribution is -0.131. The fraction of sp³-hybridized carbons (Fsp3) is 0.476. The standard InChI is InChI=1S/C21H26FN5O/c1-25(2)20-17-14-27(19(28)13-15-5-7-16(22)8-6-15)12-9-18(17)23-21(24-20)26-10-3-4-11-26/h5-8H,3-4,9-14H2,1-2H3. The summed E-state index contributed by atoms with van der Waals surface area (Å²) in [6, 6.07) is 6.13. The van der Waals surface area contributed by atoms with Crippen LogP contribution in [0.2, 0.25) is 0 Å². The van der Waals surface area contributed by atoms with Gasteiger partial charge in [0.1, 0.15) is 11.6 Å². The van der Waals surface area contributed by atoms with Gasteiger partial charge in [0.15, 0.2) is 0 Å². The lowest BCUT2D eigenvalue weighted by Crippen LogP contribution is -2.38. The lowest BCUT2D eigenvalue weighted by Gasteiger charge is -2.32. The molecule has 0 saturated carbocycles. The molecule has 28 heavy (non-hydrogen) atoms. The zero-order chi connectivity index (χ0) is 19.7. The first-order valence-electron chi connectivity index (χ1n) is 9.85. The SMILES string of the molecule is CN(C)c1nc(N2CCCC2)nc2c1CN(C(=O)Cc1ccc(F)cc1)CC2. The molecule has 0 unspecified atom stereocenters. The molecule has 1 saturated heterocycles. The maximum absolute atomic E-state index is 13.1. The Kier molecular flexibility index (Phi) is 5.15. The predicted octanol–water partition coefficient (Wildman–Crippen LogP) is 2.41. The number of fused-ring (bicyclic) bond motifs is 1. The van der Waals surface area contributed by atoms with Gasteiger partial charge in [-0.3, -0.25) is 4.79 Å². The van der Waals surface area contributed by atoms with Crippen LogP contribution in [0.15, 0.2) is 24.3 Å². The van der Waals surface area contributed by atoms with Gasteiger partial charge >= 0.3 is 0 Å². The largest absolute Gasteiger partial charge is 0.362 e. The molecule has 0 atom stereocenters. The molecule has 4 rings (SSSR count). The van der Waals surface area contributed by atoms with E-state index in [1.165, 1.54) is 25.0 Å². The van der Waals surface area contributed by atoms with Crippen LogP contribution in [0, 0.1) is 5.82 Å². The quantitative estimate of drug-likeness (QED) is 0.812. The zero-order valence-corrected chi connectivity index (χ0v) is 16.5. The lowest BCUT2D eigenvalue weighted by atomic mass is 10.0. The molecule has 3 heterocycles. The number of nitrogens with zero attached hydrogens (tertiary/aromatic N) is 5. The minimum atomic E-state index is -0.287. The van der Waals surface area contributed by atoms with E-state index in [2.05, 4.69) is 4.90 Å². The molecule has 0 radical (unpaired) electrons. The number of anilines is 2. The van der Waals surface area contributed by atoms with Gasteiger partial charge in [0.2, 0.25) is 11.9 Å². The summed E-state index contributed by atoms with van der Waals surface area (Å²) >= 11 is 0. The first-order chi connectivity index (χ1) is 13.5. The topological polar surface area (TPSA) is 52.6 Å². The van der Waals surface area contributed by atoms with E-state index in [0.29, 0.717) is 13.1 Å². The summed E-state index contributed by atoms with van der Waals surface area (Å²) in [6.07, 6.45) is 3.38. The Morgan fingerprint density at radius 3 is 2.50 bits per heavy atom. The van der Waals surface area contributed by atoms with Gasteiger partial charge in [-0.2, -0.15) is 4.98 Å². The summed E-state index contributed by atoms with van der Waals surface area (Å²) in [5, 5.41) is 0. The molecule has 2 aliphatic rings. The van der Waals surface area contributed by atoms with Crippen molar-refractivity contribution in [3.63, 3.8) is 0 Å². The van der Waals surface area contributed by atoms with Crippen molar-refractivity contribution >= 4 is 17.7 Å². The molecule has 0 spiro atoms. The van der Waals surface area contributed by atoms with Gasteiger partial charge in [-0.05, 0) is 30.5 Å². The summed E-state index contributed by atoms with van der Waals surface area (Å²) in [6.45, 7) is 3.18. The summed E-state index contributed by atoms with van der Waals surface area (Å²) in [4.78, 5) is 28.6. The second-order valence-corrected chi connectivity index (χ2v) is 7.73. The normalized spacial score (nSPS) is 16.2. The molecule has 0 bridgehead atoms. The third kappa shape index (κ3) is 3.79. The zero-order valence-electron chi connectivity index (χ0n) is 16.5. The summed E-state index contributed by atoms with van der Waals surface area (Å²) in [5.74, 6) is 1.47. The predicted molar refractivity (Wildman–Crippen MR) is 107 cm³/mol. The van der Waals surface area contributed by atoms with Gasteiger partial charge in [-0.15, -0.1) is 0 Å². The Morgan fingerprint density at radius 2 is 1.82 bits per heavy atom. The average Bonchev–Trinajstić information content (AvgIpc) is 3.23. The van der Waals surface area contributed by atoms with Crippen LogP contribution in [0.25, 0.3) is 0 Å². The number of hydrogen-bond donors (Lipinski definition) is 0. The summed E-state index contributed by atoms with van der Waals surface area (Å²) in [7, 11) is 3.96. The molecule has 0 N–H and O–H groups in total. The van der Waals surface area contributed by atoms with Crippen molar-refractivity contribution < 1.29 is 9.18 Å². The molecule has 1 aromatic heterocycles. The number of benzene rings is 1. The van der Waals surface area contributed by atoms with E-state index in [1.54, 1.807) is 12.1 Å². The van der Waals surface area contributed by atoms with Crippen LogP contribution >= 0.6 is 0 Å². The highest BCUT2D eigenvalue weighted by molar-refractivity contribution is 5.79. The van der Waals surface area contributed by atoms with Gasteiger partial charge in [-0.25, -0.2) is 9.37 Å². The van der Waals surface area contributed by atoms with E-state index in [9.17, 15) is 9.18 Å². The highest BCUT2D eigenvalue weighted by atomic mass is 19.1. The van der Waals surface area contributed by atoms with E-state index >= 15 is 0 Å². The van der Waals surface area contributed by atoms with Crippen molar-refractivity contribution in [3.05, 3.63) is 46.9 Å². The molecule has 2 aromatic rings. The molecule has 1 fully saturated rings. The number of halogens is 1. The van der Waals surface area contributed by atoms with E-state index in [1.807, 2.05) is 23.9 Å². The van der Waals surface area contributed by atoms with Crippen molar-refractivity contribution in [2.24, 2.45) is 0 Å². The number of aromatic nitrogens is 2. The van der Waals surface area contributed by atoms with Crippen LogP contribution in [-0.4, -0.2) is 54.5 Å². The molecule has 0 aliphatic carbocycles. The van der Waals surface area contributed by atoms with Gasteiger partial charge in [0, 0.05) is 45.7 Å². The van der Waals surface area contributed by atoms with Crippen LogP contribution < -0.4 is 9.80 Å². The second kappa shape index (κ2) is 7.73. The maximum atomic E-state index is 13.1. The summed E-state index contributed by atoms with van der Waals surface area (Å²) < 4.78 is 13.1. The molecule has 1 aromatic carbocycles. The van der Waals surface area contributed by atoms with Crippen LogP contribution in [0.4, 0.5) is 16.2 Å². The van der Waals surface area contributed by atoms with Crippen molar-refractivity contribution in [1.82, 2.24) is 14.9 Å². The molecular formula is C21H26FN5O. The Labute approximate surface area is 165 Å². The average molecular weight is 383 g/mol. The number of carbonyl (C=O) groups is 1. The first kappa shape index (κ1) is 18.7. The van der Waals surface area contributed by atoms with Crippen LogP contribution in [-0.2, 0) is 24.2 Å². The van der Waals surface area contributed by atoms with Crippen molar-refractivity contribution in [3.8, 4) is 0 Å². The van der Waals surface area contributed by atoms with E-state index in [0.717, 1.165) is 48.1 Å². The third-order valence-corrected chi connectivity index (χ3v) is 5.46. The van der Waals surface area contributed by atoms with Gasteiger partial charge < -0.3 is 14.7 Å². The monoisotopic (exact) mass is 383 g/mol. The van der Waals surface area contributed by atoms with Crippen LogP contribution in [0.5, 0.6) is 0 Å². The molecule has 2 aliphatic heterocycles. The fourth-order valence-electron chi connectivity index (χ4n) is 3.91. The number of amides is 1. The highest BCUT2D eigenvalue weighted by Gasteiger charge is 2.27. The minimum Gasteiger partial charge on any atom is -0.362 e. The Morgan fingerprint density at radius 1 is 1.11 bits per heavy atom. The molecule has 7 heteroatoms. The van der Waals surface area contributed by atoms with Gasteiger partial charge in [0.25, 0.3) is 0 Å². The Balaban J connectivity index is 1.55. The minimum absolute atomic E-state index is 0.0468. The van der Waals surface area contributed by atoms with Gasteiger partial charge in [0.05, 0.1) is 18.7 Å². The highest BCUT2D eigenvalue weighted by Crippen LogP contribution is 2.29. The first-order valence-corrected chi connectivity index (χ1v) is 9.85. The van der Waals surface area contributed by atoms with Gasteiger partial charge in [-0.1, -0.05) is 12.1 Å². The second-order valence-electron chi connectivity index (χ2n) is 7.73. The fourth-order valence-corrected chi connectivity index (χ4v) is 3.91. The molecular weight excluding hydrogens is 357 g/mol. The van der Waals surface area contributed by atoms with Crippen LogP contribution in [0.3, 0.4) is 0 Å². The number of carbonyl (C=O) groups excluding carboxylic acids is 1. The van der Waals surface area contributed by atoms with Crippen molar-refractivity contribution in [2.75, 3.05) is 43.5 Å².